The maximum Gasteiger partial charge on any atom is 0.0672 e. The van der Waals surface area contributed by atoms with E-state index in [0.29, 0.717) is 0 Å². The molecule has 1 aliphatic rings. The lowest BCUT2D eigenvalue weighted by Gasteiger charge is -2.15. The molecule has 1 heterocycles. The van der Waals surface area contributed by atoms with Crippen LogP contribution in [0, 0.1) is 0 Å². The summed E-state index contributed by atoms with van der Waals surface area (Å²) in [5.41, 5.74) is 8.36. The van der Waals surface area contributed by atoms with Gasteiger partial charge in [-0.05, 0) is 19.3 Å². The lowest BCUT2D eigenvalue weighted by atomic mass is 9.94. The van der Waals surface area contributed by atoms with Crippen LogP contribution < -0.4 is 5.73 Å². The van der Waals surface area contributed by atoms with Crippen LogP contribution in [0.15, 0.2) is 6.20 Å². The van der Waals surface area contributed by atoms with Crippen LogP contribution in [0.2, 0.25) is 0 Å². The van der Waals surface area contributed by atoms with Gasteiger partial charge in [0.05, 0.1) is 5.69 Å². The average molecular weight is 151 g/mol. The minimum absolute atomic E-state index is 0.229. The van der Waals surface area contributed by atoms with Crippen molar-refractivity contribution in [1.29, 1.82) is 0 Å². The van der Waals surface area contributed by atoms with Crippen molar-refractivity contribution in [2.24, 2.45) is 12.8 Å². The number of aryl methyl sites for hydroxylation is 2. The fourth-order valence-corrected chi connectivity index (χ4v) is 1.70. The summed E-state index contributed by atoms with van der Waals surface area (Å²) in [6, 6.07) is 0.229. The second-order valence-electron chi connectivity index (χ2n) is 3.20. The molecule has 0 saturated carbocycles. The molecule has 0 spiro atoms. The number of hydrogen-bond donors (Lipinski definition) is 1. The van der Waals surface area contributed by atoms with E-state index in [1.54, 1.807) is 0 Å². The van der Waals surface area contributed by atoms with Gasteiger partial charge in [-0.1, -0.05) is 0 Å². The van der Waals surface area contributed by atoms with Crippen molar-refractivity contribution in [1.82, 2.24) is 9.78 Å². The third-order valence-corrected chi connectivity index (χ3v) is 2.27. The van der Waals surface area contributed by atoms with E-state index in [-0.39, 0.29) is 6.04 Å². The zero-order chi connectivity index (χ0) is 7.84. The van der Waals surface area contributed by atoms with Crippen molar-refractivity contribution in [2.75, 3.05) is 0 Å². The van der Waals surface area contributed by atoms with Gasteiger partial charge in [-0.3, -0.25) is 4.68 Å². The summed E-state index contributed by atoms with van der Waals surface area (Å²) >= 11 is 0. The second kappa shape index (κ2) is 2.34. The van der Waals surface area contributed by atoms with Gasteiger partial charge in [-0.25, -0.2) is 0 Å². The number of nitrogens with two attached hydrogens (primary N) is 1. The normalized spacial score (nSPS) is 23.3. The second-order valence-corrected chi connectivity index (χ2v) is 3.20. The molecule has 0 radical (unpaired) electrons. The number of nitrogens with zero attached hydrogens (tertiary/aromatic N) is 2. The highest BCUT2D eigenvalue weighted by molar-refractivity contribution is 5.23. The van der Waals surface area contributed by atoms with Crippen LogP contribution in [0.4, 0.5) is 0 Å². The number of aromatic nitrogens is 2. The molecule has 0 bridgehead atoms. The number of hydrogen-bond acceptors (Lipinski definition) is 2. The molecule has 2 N–H and O–H groups in total. The Morgan fingerprint density at radius 3 is 3.27 bits per heavy atom. The standard InChI is InChI=1S/C8H13N3/c1-11-5-6-7(9)3-2-4-8(6)10-11/h5,7H,2-4,9H2,1H3. The van der Waals surface area contributed by atoms with Crippen LogP contribution in [0.3, 0.4) is 0 Å². The Hall–Kier alpha value is -0.830. The zero-order valence-electron chi connectivity index (χ0n) is 6.75. The minimum Gasteiger partial charge on any atom is -0.324 e. The summed E-state index contributed by atoms with van der Waals surface area (Å²) in [5, 5.41) is 4.34. The first-order chi connectivity index (χ1) is 5.27. The van der Waals surface area contributed by atoms with E-state index in [2.05, 4.69) is 5.10 Å². The molecule has 1 unspecified atom stereocenters. The molecule has 3 nitrogen and oxygen atoms in total. The monoisotopic (exact) mass is 151 g/mol. The van der Waals surface area contributed by atoms with E-state index in [1.165, 1.54) is 17.7 Å². The predicted octanol–water partition coefficient (Wildman–Crippen LogP) is 0.756. The van der Waals surface area contributed by atoms with Gasteiger partial charge in [-0.2, -0.15) is 5.10 Å². The molecule has 1 aromatic rings. The van der Waals surface area contributed by atoms with Crippen molar-refractivity contribution < 1.29 is 0 Å². The lowest BCUT2D eigenvalue weighted by molar-refractivity contribution is 0.565. The summed E-state index contributed by atoms with van der Waals surface area (Å²) in [5.74, 6) is 0. The van der Waals surface area contributed by atoms with Crippen LogP contribution in [-0.2, 0) is 13.5 Å². The zero-order valence-corrected chi connectivity index (χ0v) is 6.75. The number of fused-ring (bicyclic) bond motifs is 1. The molecule has 1 aliphatic carbocycles. The molecule has 1 aromatic heterocycles. The molecule has 0 saturated heterocycles. The van der Waals surface area contributed by atoms with E-state index < -0.39 is 0 Å². The van der Waals surface area contributed by atoms with Gasteiger partial charge in [0.25, 0.3) is 0 Å². The Labute approximate surface area is 66.2 Å². The van der Waals surface area contributed by atoms with Gasteiger partial charge in [0, 0.05) is 24.8 Å². The van der Waals surface area contributed by atoms with Crippen LogP contribution in [0.5, 0.6) is 0 Å². The van der Waals surface area contributed by atoms with Crippen molar-refractivity contribution in [3.8, 4) is 0 Å². The van der Waals surface area contributed by atoms with E-state index in [4.69, 9.17) is 5.73 Å². The van der Waals surface area contributed by atoms with E-state index in [0.717, 1.165) is 12.8 Å². The van der Waals surface area contributed by atoms with E-state index >= 15 is 0 Å². The lowest BCUT2D eigenvalue weighted by Crippen LogP contribution is -2.15. The van der Waals surface area contributed by atoms with E-state index in [1.807, 2.05) is 17.9 Å². The average Bonchev–Trinajstić information content (AvgIpc) is 2.31. The van der Waals surface area contributed by atoms with Gasteiger partial charge in [0.2, 0.25) is 0 Å². The molecule has 0 amide bonds. The molecule has 3 heteroatoms. The van der Waals surface area contributed by atoms with Crippen molar-refractivity contribution in [3.05, 3.63) is 17.5 Å². The van der Waals surface area contributed by atoms with E-state index in [9.17, 15) is 0 Å². The highest BCUT2D eigenvalue weighted by Gasteiger charge is 2.19. The largest absolute Gasteiger partial charge is 0.324 e. The molecular weight excluding hydrogens is 138 g/mol. The van der Waals surface area contributed by atoms with Crippen LogP contribution in [0.1, 0.15) is 30.1 Å². The fourth-order valence-electron chi connectivity index (χ4n) is 1.70. The molecule has 11 heavy (non-hydrogen) atoms. The van der Waals surface area contributed by atoms with Crippen LogP contribution in [0.25, 0.3) is 0 Å². The quantitative estimate of drug-likeness (QED) is 0.594. The van der Waals surface area contributed by atoms with Crippen molar-refractivity contribution in [3.63, 3.8) is 0 Å². The highest BCUT2D eigenvalue weighted by Crippen LogP contribution is 2.26. The first-order valence-electron chi connectivity index (χ1n) is 4.05. The third-order valence-electron chi connectivity index (χ3n) is 2.27. The van der Waals surface area contributed by atoms with Crippen molar-refractivity contribution in [2.45, 2.75) is 25.3 Å². The smallest absolute Gasteiger partial charge is 0.0672 e. The molecular formula is C8H13N3. The van der Waals surface area contributed by atoms with Crippen LogP contribution >= 0.6 is 0 Å². The first-order valence-corrected chi connectivity index (χ1v) is 4.05. The molecule has 60 valence electrons. The Bertz CT molecular complexity index is 264. The maximum atomic E-state index is 5.91. The first kappa shape index (κ1) is 6.85. The highest BCUT2D eigenvalue weighted by atomic mass is 15.3. The van der Waals surface area contributed by atoms with Gasteiger partial charge in [0.15, 0.2) is 0 Å². The molecule has 0 fully saturated rings. The van der Waals surface area contributed by atoms with Gasteiger partial charge in [-0.15, -0.1) is 0 Å². The number of rotatable bonds is 0. The van der Waals surface area contributed by atoms with Gasteiger partial charge >= 0.3 is 0 Å². The molecule has 1 atom stereocenters. The van der Waals surface area contributed by atoms with Crippen molar-refractivity contribution >= 4 is 0 Å². The Morgan fingerprint density at radius 2 is 2.55 bits per heavy atom. The maximum absolute atomic E-state index is 5.91. The summed E-state index contributed by atoms with van der Waals surface area (Å²) < 4.78 is 1.86. The Kier molecular flexibility index (Phi) is 1.46. The van der Waals surface area contributed by atoms with Gasteiger partial charge in [0.1, 0.15) is 0 Å². The van der Waals surface area contributed by atoms with Crippen LogP contribution in [-0.4, -0.2) is 9.78 Å². The predicted molar refractivity (Wildman–Crippen MR) is 43.1 cm³/mol. The minimum atomic E-state index is 0.229. The molecule has 0 aliphatic heterocycles. The summed E-state index contributed by atoms with van der Waals surface area (Å²) in [6.45, 7) is 0. The fraction of sp³-hybridized carbons (Fsp3) is 0.625. The summed E-state index contributed by atoms with van der Waals surface area (Å²) in [4.78, 5) is 0. The summed E-state index contributed by atoms with van der Waals surface area (Å²) in [6.07, 6.45) is 5.44. The van der Waals surface area contributed by atoms with Gasteiger partial charge < -0.3 is 5.73 Å². The topological polar surface area (TPSA) is 43.8 Å². The Balaban J connectivity index is 2.43. The molecule has 2 rings (SSSR count). The summed E-state index contributed by atoms with van der Waals surface area (Å²) in [7, 11) is 1.95. The molecule has 0 aromatic carbocycles. The third kappa shape index (κ3) is 1.05. The Morgan fingerprint density at radius 1 is 1.73 bits per heavy atom. The SMILES string of the molecule is Cn1cc2c(n1)CCCC2N.